The first-order valence-electron chi connectivity index (χ1n) is 6.89. The molecule has 0 saturated heterocycles. The number of hydrogen-bond acceptors (Lipinski definition) is 7. The molecule has 1 aliphatic carbocycles. The molecule has 0 fully saturated rings. The average Bonchev–Trinajstić information content (AvgIpc) is 2.47. The summed E-state index contributed by atoms with van der Waals surface area (Å²) in [6.07, 6.45) is 0.0262. The topological polar surface area (TPSA) is 129 Å². The van der Waals surface area contributed by atoms with E-state index >= 15 is 0 Å². The molecule has 0 amide bonds. The normalized spacial score (nSPS) is 20.2. The van der Waals surface area contributed by atoms with Crippen molar-refractivity contribution in [1.29, 1.82) is 5.26 Å². The Morgan fingerprint density at radius 1 is 1.46 bits per heavy atom. The number of Topliss-reactive ketones (excluding diaryl/α,β-unsaturated/α-hetero) is 1. The number of carbonyl (C=O) groups is 1. The highest BCUT2D eigenvalue weighted by Crippen LogP contribution is 2.41. The van der Waals surface area contributed by atoms with Crippen molar-refractivity contribution >= 4 is 39.7 Å². The SMILES string of the molecule is CC1(C)CC(=O)C(N=Nc2ccc(I)cc2[N+](=O)[O-])=C(O)C1C#N. The number of nitro groups is 1. The van der Waals surface area contributed by atoms with Crippen LogP contribution in [0.5, 0.6) is 0 Å². The van der Waals surface area contributed by atoms with Crippen molar-refractivity contribution in [3.05, 3.63) is 43.3 Å². The van der Waals surface area contributed by atoms with Gasteiger partial charge in [-0.15, -0.1) is 10.2 Å². The van der Waals surface area contributed by atoms with Gasteiger partial charge in [-0.25, -0.2) is 0 Å². The zero-order valence-corrected chi connectivity index (χ0v) is 15.0. The molecule has 8 nitrogen and oxygen atoms in total. The van der Waals surface area contributed by atoms with Gasteiger partial charge < -0.3 is 5.11 Å². The molecule has 0 radical (unpaired) electrons. The molecule has 0 aromatic heterocycles. The number of halogens is 1. The van der Waals surface area contributed by atoms with Crippen LogP contribution in [0.25, 0.3) is 0 Å². The number of carbonyl (C=O) groups excluding carboxylic acids is 1. The Morgan fingerprint density at radius 3 is 2.71 bits per heavy atom. The first-order valence-corrected chi connectivity index (χ1v) is 7.97. The highest BCUT2D eigenvalue weighted by atomic mass is 127. The third-order valence-electron chi connectivity index (χ3n) is 3.70. The van der Waals surface area contributed by atoms with Crippen molar-refractivity contribution in [2.24, 2.45) is 21.6 Å². The molecule has 1 unspecified atom stereocenters. The molecule has 0 heterocycles. The maximum Gasteiger partial charge on any atom is 0.297 e. The summed E-state index contributed by atoms with van der Waals surface area (Å²) in [4.78, 5) is 22.6. The molecule has 0 aliphatic heterocycles. The summed E-state index contributed by atoms with van der Waals surface area (Å²) in [6, 6.07) is 6.30. The van der Waals surface area contributed by atoms with Crippen LogP contribution in [0, 0.1) is 36.3 Å². The molecule has 0 spiro atoms. The molecule has 1 N–H and O–H groups in total. The number of rotatable bonds is 3. The van der Waals surface area contributed by atoms with Crippen LogP contribution in [0.2, 0.25) is 0 Å². The van der Waals surface area contributed by atoms with Crippen LogP contribution in [-0.2, 0) is 4.79 Å². The van der Waals surface area contributed by atoms with Gasteiger partial charge in [-0.2, -0.15) is 5.26 Å². The van der Waals surface area contributed by atoms with E-state index in [9.17, 15) is 25.3 Å². The first kappa shape index (κ1) is 18.0. The number of nitrogens with zero attached hydrogens (tertiary/aromatic N) is 4. The van der Waals surface area contributed by atoms with Crippen molar-refractivity contribution < 1.29 is 14.8 Å². The second kappa shape index (κ2) is 6.64. The second-order valence-corrected chi connectivity index (χ2v) is 7.22. The van der Waals surface area contributed by atoms with E-state index in [4.69, 9.17) is 0 Å². The number of nitriles is 1. The van der Waals surface area contributed by atoms with Gasteiger partial charge in [-0.05, 0) is 40.1 Å². The van der Waals surface area contributed by atoms with Crippen LogP contribution in [0.3, 0.4) is 0 Å². The van der Waals surface area contributed by atoms with Gasteiger partial charge in [0.2, 0.25) is 0 Å². The van der Waals surface area contributed by atoms with Crippen LogP contribution in [0.15, 0.2) is 39.9 Å². The van der Waals surface area contributed by atoms with Crippen LogP contribution in [0.1, 0.15) is 20.3 Å². The molecule has 1 aliphatic rings. The molecule has 124 valence electrons. The zero-order chi connectivity index (χ0) is 18.1. The Hall–Kier alpha value is -2.35. The number of azo groups is 1. The second-order valence-electron chi connectivity index (χ2n) is 5.97. The quantitative estimate of drug-likeness (QED) is 0.326. The Kier molecular flexibility index (Phi) is 4.98. The van der Waals surface area contributed by atoms with Crippen molar-refractivity contribution in [2.75, 3.05) is 0 Å². The number of allylic oxidation sites excluding steroid dienone is 2. The fraction of sp³-hybridized carbons (Fsp3) is 0.333. The standard InChI is InChI=1S/C15H13IN4O4/c1-15(2)6-12(21)13(14(22)9(15)7-17)19-18-10-4-3-8(16)5-11(10)20(23)24/h3-5,9,22H,6H2,1-2H3. The Labute approximate surface area is 151 Å². The van der Waals surface area contributed by atoms with Gasteiger partial charge in [0.1, 0.15) is 11.7 Å². The van der Waals surface area contributed by atoms with Crippen molar-refractivity contribution in [2.45, 2.75) is 20.3 Å². The molecule has 1 aromatic rings. The minimum Gasteiger partial charge on any atom is -0.508 e. The smallest absolute Gasteiger partial charge is 0.297 e. The van der Waals surface area contributed by atoms with Gasteiger partial charge in [0.15, 0.2) is 17.2 Å². The minimum atomic E-state index is -0.893. The summed E-state index contributed by atoms with van der Waals surface area (Å²) >= 11 is 1.93. The maximum absolute atomic E-state index is 12.2. The fourth-order valence-corrected chi connectivity index (χ4v) is 2.90. The molecule has 2 rings (SSSR count). The van der Waals surface area contributed by atoms with Gasteiger partial charge in [-0.3, -0.25) is 14.9 Å². The summed E-state index contributed by atoms with van der Waals surface area (Å²) in [6.45, 7) is 3.40. The van der Waals surface area contributed by atoms with Gasteiger partial charge in [0.25, 0.3) is 5.69 Å². The van der Waals surface area contributed by atoms with E-state index in [2.05, 4.69) is 10.2 Å². The largest absolute Gasteiger partial charge is 0.508 e. The molecular formula is C15H13IN4O4. The van der Waals surface area contributed by atoms with E-state index in [0.29, 0.717) is 3.57 Å². The van der Waals surface area contributed by atoms with E-state index in [0.717, 1.165) is 0 Å². The third-order valence-corrected chi connectivity index (χ3v) is 4.37. The number of nitro benzene ring substituents is 1. The first-order chi connectivity index (χ1) is 11.2. The lowest BCUT2D eigenvalue weighted by molar-refractivity contribution is -0.384. The van der Waals surface area contributed by atoms with Gasteiger partial charge in [0.05, 0.1) is 11.0 Å². The average molecular weight is 440 g/mol. The number of hydrogen-bond donors (Lipinski definition) is 1. The lowest BCUT2D eigenvalue weighted by Gasteiger charge is -2.32. The number of benzene rings is 1. The van der Waals surface area contributed by atoms with Gasteiger partial charge >= 0.3 is 0 Å². The minimum absolute atomic E-state index is 0.0262. The molecule has 9 heteroatoms. The Balaban J connectivity index is 2.47. The zero-order valence-electron chi connectivity index (χ0n) is 12.9. The Bertz CT molecular complexity index is 823. The van der Waals surface area contributed by atoms with E-state index in [-0.39, 0.29) is 23.5 Å². The molecule has 0 saturated carbocycles. The monoisotopic (exact) mass is 440 g/mol. The van der Waals surface area contributed by atoms with E-state index in [1.165, 1.54) is 12.1 Å². The lowest BCUT2D eigenvalue weighted by atomic mass is 9.70. The molecule has 24 heavy (non-hydrogen) atoms. The van der Waals surface area contributed by atoms with E-state index in [1.54, 1.807) is 19.9 Å². The summed E-state index contributed by atoms with van der Waals surface area (Å²) < 4.78 is 0.653. The predicted octanol–water partition coefficient (Wildman–Crippen LogP) is 4.19. The number of aliphatic hydroxyl groups is 1. The van der Waals surface area contributed by atoms with E-state index in [1.807, 2.05) is 28.7 Å². The van der Waals surface area contributed by atoms with E-state index < -0.39 is 27.8 Å². The fourth-order valence-electron chi connectivity index (χ4n) is 2.42. The number of aliphatic hydroxyl groups excluding tert-OH is 1. The molecule has 0 bridgehead atoms. The lowest BCUT2D eigenvalue weighted by Crippen LogP contribution is -2.33. The summed E-state index contributed by atoms with van der Waals surface area (Å²) in [5.74, 6) is -1.80. The Morgan fingerprint density at radius 2 is 2.12 bits per heavy atom. The summed E-state index contributed by atoms with van der Waals surface area (Å²) in [5, 5.41) is 37.9. The van der Waals surface area contributed by atoms with Gasteiger partial charge in [0, 0.05) is 16.1 Å². The van der Waals surface area contributed by atoms with Crippen LogP contribution >= 0.6 is 22.6 Å². The highest BCUT2D eigenvalue weighted by molar-refractivity contribution is 14.1. The third kappa shape index (κ3) is 3.43. The predicted molar refractivity (Wildman–Crippen MR) is 92.5 cm³/mol. The van der Waals surface area contributed by atoms with Crippen LogP contribution in [0.4, 0.5) is 11.4 Å². The molecule has 1 aromatic carbocycles. The summed E-state index contributed by atoms with van der Waals surface area (Å²) in [7, 11) is 0. The van der Waals surface area contributed by atoms with Crippen LogP contribution < -0.4 is 0 Å². The van der Waals surface area contributed by atoms with Gasteiger partial charge in [-0.1, -0.05) is 13.8 Å². The highest BCUT2D eigenvalue weighted by Gasteiger charge is 2.42. The number of ketones is 1. The van der Waals surface area contributed by atoms with Crippen molar-refractivity contribution in [1.82, 2.24) is 0 Å². The van der Waals surface area contributed by atoms with Crippen molar-refractivity contribution in [3.8, 4) is 6.07 Å². The van der Waals surface area contributed by atoms with Crippen LogP contribution in [-0.4, -0.2) is 15.8 Å². The molecule has 1 atom stereocenters. The summed E-state index contributed by atoms with van der Waals surface area (Å²) in [5.41, 5.74) is -1.34. The maximum atomic E-state index is 12.2. The molecular weight excluding hydrogens is 427 g/mol. The van der Waals surface area contributed by atoms with Crippen molar-refractivity contribution in [3.63, 3.8) is 0 Å².